The van der Waals surface area contributed by atoms with Crippen LogP contribution in [0.3, 0.4) is 0 Å². The van der Waals surface area contributed by atoms with E-state index in [4.69, 9.17) is 19.0 Å². The topological polar surface area (TPSA) is 94.6 Å². The molecule has 1 aliphatic carbocycles. The minimum absolute atomic E-state index is 0.0920. The fourth-order valence-electron chi connectivity index (χ4n) is 5.98. The number of carbonyl (C=O) groups is 3. The first-order chi connectivity index (χ1) is 22.0. The first-order valence-electron chi connectivity index (χ1n) is 16.0. The number of hydrogen-bond acceptors (Lipinski definition) is 7. The number of hydrogen-bond donors (Lipinski definition) is 0. The van der Waals surface area contributed by atoms with Gasteiger partial charge in [0.2, 0.25) is 0 Å². The average Bonchev–Trinajstić information content (AvgIpc) is 3.36. The number of nitrogens with zero attached hydrogens (tertiary/aromatic N) is 2. The Morgan fingerprint density at radius 2 is 1.52 bits per heavy atom. The van der Waals surface area contributed by atoms with E-state index in [1.165, 1.54) is 9.96 Å². The predicted octanol–water partition coefficient (Wildman–Crippen LogP) is 6.74. The number of hydroxylamine groups is 2. The number of ether oxygens (including phenoxy) is 3. The van der Waals surface area contributed by atoms with E-state index in [-0.39, 0.29) is 18.4 Å². The molecule has 2 atom stereocenters. The van der Waals surface area contributed by atoms with Crippen LogP contribution in [-0.2, 0) is 30.3 Å². The molecule has 2 aliphatic rings. The molecule has 5 rings (SSSR count). The molecule has 46 heavy (non-hydrogen) atoms. The van der Waals surface area contributed by atoms with E-state index in [9.17, 15) is 14.4 Å². The van der Waals surface area contributed by atoms with Gasteiger partial charge >= 0.3 is 12.1 Å². The molecular formula is C37H44N2O7. The molecule has 0 bridgehead atoms. The highest BCUT2D eigenvalue weighted by molar-refractivity contribution is 5.93. The monoisotopic (exact) mass is 628 g/mol. The Kier molecular flexibility index (Phi) is 10.4. The van der Waals surface area contributed by atoms with Gasteiger partial charge in [0.15, 0.2) is 6.29 Å². The SMILES string of the molecule is CN(OC1CCCCO1)C(=O)c1ccc(CCC(C(=O)OC(C)(C)C)N(C)C(=O)OCC2c3ccccc3-c3ccccc32)cc1. The van der Waals surface area contributed by atoms with Crippen LogP contribution >= 0.6 is 0 Å². The lowest BCUT2D eigenvalue weighted by Gasteiger charge is -2.30. The standard InChI is InChI=1S/C37H44N2O7/c1-37(2,3)45-35(41)32(22-19-25-17-20-26(21-18-25)34(40)39(5)46-33-16-10-11-23-43-33)38(4)36(42)44-24-31-29-14-8-6-12-27(29)28-13-7-9-15-30(28)31/h6-9,12-15,17-18,20-21,31-33H,10-11,16,19,22-24H2,1-5H3. The Bertz CT molecular complexity index is 1480. The summed E-state index contributed by atoms with van der Waals surface area (Å²) < 4.78 is 17.1. The summed E-state index contributed by atoms with van der Waals surface area (Å²) in [6.07, 6.45) is 2.52. The molecule has 1 fully saturated rings. The summed E-state index contributed by atoms with van der Waals surface area (Å²) in [5, 5.41) is 1.22. The van der Waals surface area contributed by atoms with Gasteiger partial charge in [-0.15, -0.1) is 0 Å². The van der Waals surface area contributed by atoms with Gasteiger partial charge in [-0.3, -0.25) is 9.69 Å². The molecule has 0 aromatic heterocycles. The van der Waals surface area contributed by atoms with Gasteiger partial charge in [0.25, 0.3) is 5.91 Å². The van der Waals surface area contributed by atoms with E-state index in [0.717, 1.165) is 47.1 Å². The number of rotatable bonds is 10. The van der Waals surface area contributed by atoms with Gasteiger partial charge in [-0.25, -0.2) is 19.5 Å². The fraction of sp³-hybridized carbons (Fsp3) is 0.432. The van der Waals surface area contributed by atoms with Gasteiger partial charge < -0.3 is 14.2 Å². The van der Waals surface area contributed by atoms with Crippen molar-refractivity contribution in [3.63, 3.8) is 0 Å². The lowest BCUT2D eigenvalue weighted by molar-refractivity contribution is -0.258. The van der Waals surface area contributed by atoms with E-state index in [1.807, 2.05) is 36.4 Å². The molecule has 0 spiro atoms. The van der Waals surface area contributed by atoms with Crippen LogP contribution in [0.1, 0.15) is 79.4 Å². The van der Waals surface area contributed by atoms with E-state index in [0.29, 0.717) is 25.0 Å². The molecular weight excluding hydrogens is 584 g/mol. The van der Waals surface area contributed by atoms with Gasteiger partial charge in [0.1, 0.15) is 18.2 Å². The zero-order valence-corrected chi connectivity index (χ0v) is 27.4. The first kappa shape index (κ1) is 33.2. The summed E-state index contributed by atoms with van der Waals surface area (Å²) >= 11 is 0. The van der Waals surface area contributed by atoms with Crippen LogP contribution in [0.4, 0.5) is 4.79 Å². The number of carbonyl (C=O) groups excluding carboxylic acids is 3. The number of likely N-dealkylation sites (N-methyl/N-ethyl adjacent to an activating group) is 1. The Morgan fingerprint density at radius 3 is 2.11 bits per heavy atom. The molecule has 1 heterocycles. The van der Waals surface area contributed by atoms with E-state index < -0.39 is 30.0 Å². The summed E-state index contributed by atoms with van der Waals surface area (Å²) in [5.74, 6) is -0.869. The zero-order valence-electron chi connectivity index (χ0n) is 27.4. The first-order valence-corrected chi connectivity index (χ1v) is 16.0. The Hall–Kier alpha value is -4.21. The van der Waals surface area contributed by atoms with Crippen molar-refractivity contribution >= 4 is 18.0 Å². The van der Waals surface area contributed by atoms with E-state index in [1.54, 1.807) is 47.0 Å². The van der Waals surface area contributed by atoms with Gasteiger partial charge in [0, 0.05) is 38.6 Å². The van der Waals surface area contributed by atoms with Crippen molar-refractivity contribution in [1.29, 1.82) is 0 Å². The van der Waals surface area contributed by atoms with Crippen molar-refractivity contribution in [2.45, 2.75) is 76.7 Å². The highest BCUT2D eigenvalue weighted by Gasteiger charge is 2.34. The lowest BCUT2D eigenvalue weighted by atomic mass is 9.98. The van der Waals surface area contributed by atoms with Crippen LogP contribution in [0.25, 0.3) is 11.1 Å². The maximum absolute atomic E-state index is 13.4. The largest absolute Gasteiger partial charge is 0.458 e. The van der Waals surface area contributed by atoms with Crippen LogP contribution in [0.2, 0.25) is 0 Å². The highest BCUT2D eigenvalue weighted by Crippen LogP contribution is 2.44. The van der Waals surface area contributed by atoms with Crippen molar-refractivity contribution in [2.24, 2.45) is 0 Å². The van der Waals surface area contributed by atoms with Crippen LogP contribution in [0, 0.1) is 0 Å². The lowest BCUT2D eigenvalue weighted by Crippen LogP contribution is -2.46. The third kappa shape index (κ3) is 7.95. The molecule has 0 N–H and O–H groups in total. The minimum atomic E-state index is -0.869. The number of fused-ring (bicyclic) bond motifs is 3. The van der Waals surface area contributed by atoms with Crippen molar-refractivity contribution in [3.05, 3.63) is 95.1 Å². The van der Waals surface area contributed by atoms with Crippen LogP contribution < -0.4 is 0 Å². The molecule has 2 amide bonds. The van der Waals surface area contributed by atoms with E-state index >= 15 is 0 Å². The van der Waals surface area contributed by atoms with E-state index in [2.05, 4.69) is 24.3 Å². The molecule has 3 aromatic carbocycles. The van der Waals surface area contributed by atoms with Crippen LogP contribution in [0.5, 0.6) is 0 Å². The minimum Gasteiger partial charge on any atom is -0.458 e. The number of aryl methyl sites for hydroxylation is 1. The summed E-state index contributed by atoms with van der Waals surface area (Å²) in [4.78, 5) is 46.7. The average molecular weight is 629 g/mol. The number of benzene rings is 3. The van der Waals surface area contributed by atoms with Crippen LogP contribution in [0.15, 0.2) is 72.8 Å². The van der Waals surface area contributed by atoms with Crippen LogP contribution in [-0.4, -0.2) is 73.2 Å². The second-order valence-corrected chi connectivity index (χ2v) is 12.9. The molecule has 3 aromatic rings. The highest BCUT2D eigenvalue weighted by atomic mass is 16.8. The Morgan fingerprint density at radius 1 is 0.891 bits per heavy atom. The quantitative estimate of drug-likeness (QED) is 0.181. The fourth-order valence-corrected chi connectivity index (χ4v) is 5.98. The van der Waals surface area contributed by atoms with Crippen molar-refractivity contribution in [1.82, 2.24) is 9.96 Å². The summed E-state index contributed by atoms with van der Waals surface area (Å²) in [6.45, 7) is 6.17. The summed E-state index contributed by atoms with van der Waals surface area (Å²) in [5.41, 5.74) is 5.17. The smallest absolute Gasteiger partial charge is 0.410 e. The molecule has 0 saturated carbocycles. The maximum Gasteiger partial charge on any atom is 0.410 e. The molecule has 244 valence electrons. The molecule has 9 nitrogen and oxygen atoms in total. The third-order valence-corrected chi connectivity index (χ3v) is 8.38. The molecule has 2 unspecified atom stereocenters. The van der Waals surface area contributed by atoms with Gasteiger partial charge in [0.05, 0.1) is 0 Å². The summed E-state index contributed by atoms with van der Waals surface area (Å²) in [6, 6.07) is 22.6. The zero-order chi connectivity index (χ0) is 32.8. The number of esters is 1. The second kappa shape index (κ2) is 14.5. The molecule has 1 aliphatic heterocycles. The molecule has 0 radical (unpaired) electrons. The van der Waals surface area contributed by atoms with Crippen molar-refractivity contribution in [2.75, 3.05) is 27.3 Å². The Labute approximate surface area is 271 Å². The summed E-state index contributed by atoms with van der Waals surface area (Å²) in [7, 11) is 3.15. The Balaban J connectivity index is 1.22. The van der Waals surface area contributed by atoms with Crippen molar-refractivity contribution in [3.8, 4) is 11.1 Å². The predicted molar refractivity (Wildman–Crippen MR) is 174 cm³/mol. The second-order valence-electron chi connectivity index (χ2n) is 12.9. The maximum atomic E-state index is 13.4. The molecule has 1 saturated heterocycles. The molecule has 9 heteroatoms. The van der Waals surface area contributed by atoms with Crippen molar-refractivity contribution < 1.29 is 33.4 Å². The van der Waals surface area contributed by atoms with Gasteiger partial charge in [-0.1, -0.05) is 60.7 Å². The third-order valence-electron chi connectivity index (χ3n) is 8.38. The van der Waals surface area contributed by atoms with Gasteiger partial charge in [-0.2, -0.15) is 0 Å². The normalized spacial score (nSPS) is 16.6. The number of amides is 2. The van der Waals surface area contributed by atoms with Gasteiger partial charge in [-0.05, 0) is 86.4 Å².